The summed E-state index contributed by atoms with van der Waals surface area (Å²) in [6, 6.07) is 3.87. The third-order valence-electron chi connectivity index (χ3n) is 3.56. The standard InChI is InChI=1S/C14H11N5O5S2/c1-25-14-17-16-13(26-14)15-9(20)5-6-18-11(21)7-3-2-4-8(19(23)24)10(7)12(18)22/h2-4H,5-6H2,1H3,(H,15,16,20). The van der Waals surface area contributed by atoms with Gasteiger partial charge in [-0.15, -0.1) is 10.2 Å². The SMILES string of the molecule is CSc1nnc(NC(=O)CCN2C(=O)c3cccc([N+](=O)[O-])c3C2=O)s1. The summed E-state index contributed by atoms with van der Waals surface area (Å²) in [5.41, 5.74) is -0.693. The molecule has 1 aromatic carbocycles. The van der Waals surface area contributed by atoms with E-state index in [-0.39, 0.29) is 24.1 Å². The number of anilines is 1. The minimum absolute atomic E-state index is 0.0293. The van der Waals surface area contributed by atoms with E-state index < -0.39 is 28.3 Å². The van der Waals surface area contributed by atoms with Crippen LogP contribution in [-0.2, 0) is 4.79 Å². The van der Waals surface area contributed by atoms with Gasteiger partial charge in [-0.25, -0.2) is 0 Å². The lowest BCUT2D eigenvalue weighted by molar-refractivity contribution is -0.385. The fourth-order valence-corrected chi connectivity index (χ4v) is 3.59. The van der Waals surface area contributed by atoms with Gasteiger partial charge in [0.15, 0.2) is 4.34 Å². The lowest BCUT2D eigenvalue weighted by Crippen LogP contribution is -2.33. The molecular weight excluding hydrogens is 382 g/mol. The highest BCUT2D eigenvalue weighted by atomic mass is 32.2. The number of nitro groups is 1. The van der Waals surface area contributed by atoms with Crippen LogP contribution in [0.2, 0.25) is 0 Å². The molecule has 0 aliphatic carbocycles. The van der Waals surface area contributed by atoms with Crippen LogP contribution in [-0.4, -0.2) is 50.5 Å². The Balaban J connectivity index is 1.68. The monoisotopic (exact) mass is 393 g/mol. The lowest BCUT2D eigenvalue weighted by atomic mass is 10.1. The Morgan fingerprint density at radius 2 is 2.12 bits per heavy atom. The largest absolute Gasteiger partial charge is 0.300 e. The average molecular weight is 393 g/mol. The van der Waals surface area contributed by atoms with Gasteiger partial charge >= 0.3 is 0 Å². The number of nitro benzene ring substituents is 1. The summed E-state index contributed by atoms with van der Waals surface area (Å²) in [4.78, 5) is 47.9. The van der Waals surface area contributed by atoms with Gasteiger partial charge in [-0.3, -0.25) is 29.4 Å². The van der Waals surface area contributed by atoms with Crippen molar-refractivity contribution in [2.75, 3.05) is 18.1 Å². The van der Waals surface area contributed by atoms with E-state index in [4.69, 9.17) is 0 Å². The first-order chi connectivity index (χ1) is 12.4. The van der Waals surface area contributed by atoms with E-state index in [0.717, 1.165) is 4.90 Å². The molecule has 10 nitrogen and oxygen atoms in total. The minimum atomic E-state index is -0.773. The van der Waals surface area contributed by atoms with Crippen LogP contribution in [0.25, 0.3) is 0 Å². The number of rotatable bonds is 6. The highest BCUT2D eigenvalue weighted by molar-refractivity contribution is 8.00. The Hall–Kier alpha value is -2.86. The number of benzene rings is 1. The quantitative estimate of drug-likeness (QED) is 0.258. The number of nitrogens with one attached hydrogen (secondary N) is 1. The third kappa shape index (κ3) is 3.28. The molecule has 1 aliphatic heterocycles. The molecule has 0 unspecified atom stereocenters. The summed E-state index contributed by atoms with van der Waals surface area (Å²) in [5, 5.41) is 21.5. The summed E-state index contributed by atoms with van der Waals surface area (Å²) in [5.74, 6) is -1.87. The third-order valence-corrected chi connectivity index (χ3v) is 5.38. The second kappa shape index (κ2) is 7.17. The van der Waals surface area contributed by atoms with Crippen LogP contribution in [0.3, 0.4) is 0 Å². The van der Waals surface area contributed by atoms with Gasteiger partial charge in [0.1, 0.15) is 5.56 Å². The van der Waals surface area contributed by atoms with Crippen molar-refractivity contribution in [3.63, 3.8) is 0 Å². The van der Waals surface area contributed by atoms with Crippen molar-refractivity contribution in [2.45, 2.75) is 10.8 Å². The summed E-state index contributed by atoms with van der Waals surface area (Å²) in [7, 11) is 0. The zero-order chi connectivity index (χ0) is 18.8. The molecule has 0 spiro atoms. The molecule has 0 bridgehead atoms. The number of imide groups is 1. The van der Waals surface area contributed by atoms with Crippen LogP contribution in [0.5, 0.6) is 0 Å². The van der Waals surface area contributed by atoms with Crippen LogP contribution in [0.4, 0.5) is 10.8 Å². The van der Waals surface area contributed by atoms with E-state index >= 15 is 0 Å². The highest BCUT2D eigenvalue weighted by Crippen LogP contribution is 2.30. The Bertz CT molecular complexity index is 928. The van der Waals surface area contributed by atoms with Crippen molar-refractivity contribution >= 4 is 51.6 Å². The topological polar surface area (TPSA) is 135 Å². The van der Waals surface area contributed by atoms with E-state index in [0.29, 0.717) is 9.47 Å². The summed E-state index contributed by atoms with van der Waals surface area (Å²) < 4.78 is 0.688. The fourth-order valence-electron chi connectivity index (χ4n) is 2.41. The molecule has 0 saturated heterocycles. The lowest BCUT2D eigenvalue weighted by Gasteiger charge is -2.12. The van der Waals surface area contributed by atoms with Crippen LogP contribution >= 0.6 is 23.1 Å². The van der Waals surface area contributed by atoms with E-state index in [9.17, 15) is 24.5 Å². The molecule has 134 valence electrons. The van der Waals surface area contributed by atoms with E-state index in [1.54, 1.807) is 0 Å². The zero-order valence-electron chi connectivity index (χ0n) is 13.3. The Kier molecular flexibility index (Phi) is 4.95. The molecule has 0 fully saturated rings. The first-order valence-electron chi connectivity index (χ1n) is 7.23. The van der Waals surface area contributed by atoms with Gasteiger partial charge in [0.2, 0.25) is 11.0 Å². The number of thioether (sulfide) groups is 1. The number of carbonyl (C=O) groups is 3. The number of nitrogens with zero attached hydrogens (tertiary/aromatic N) is 4. The highest BCUT2D eigenvalue weighted by Gasteiger charge is 2.40. The molecule has 3 rings (SSSR count). The first kappa shape index (κ1) is 17.9. The smallest absolute Gasteiger partial charge is 0.282 e. The maximum absolute atomic E-state index is 12.4. The summed E-state index contributed by atoms with van der Waals surface area (Å²) >= 11 is 2.59. The van der Waals surface area contributed by atoms with Gasteiger partial charge in [-0.1, -0.05) is 29.2 Å². The van der Waals surface area contributed by atoms with Gasteiger partial charge in [0.05, 0.1) is 10.5 Å². The molecule has 2 aromatic rings. The molecule has 0 atom stereocenters. The molecular formula is C14H11N5O5S2. The number of amides is 3. The normalized spacial score (nSPS) is 13.0. The maximum atomic E-state index is 12.4. The van der Waals surface area contributed by atoms with Crippen molar-refractivity contribution in [1.82, 2.24) is 15.1 Å². The van der Waals surface area contributed by atoms with Crippen LogP contribution in [0, 0.1) is 10.1 Å². The fraction of sp³-hybridized carbons (Fsp3) is 0.214. The molecule has 26 heavy (non-hydrogen) atoms. The van der Waals surface area contributed by atoms with Gasteiger partial charge in [-0.05, 0) is 12.3 Å². The maximum Gasteiger partial charge on any atom is 0.282 e. The van der Waals surface area contributed by atoms with Gasteiger partial charge in [0.25, 0.3) is 17.5 Å². The minimum Gasteiger partial charge on any atom is -0.300 e. The summed E-state index contributed by atoms with van der Waals surface area (Å²) in [6.07, 6.45) is 1.67. The summed E-state index contributed by atoms with van der Waals surface area (Å²) in [6.45, 7) is -0.191. The van der Waals surface area contributed by atoms with Gasteiger partial charge < -0.3 is 5.32 Å². The molecule has 1 N–H and O–H groups in total. The van der Waals surface area contributed by atoms with Crippen molar-refractivity contribution in [3.05, 3.63) is 39.4 Å². The first-order valence-corrected chi connectivity index (χ1v) is 9.27. The molecule has 12 heteroatoms. The van der Waals surface area contributed by atoms with Crippen molar-refractivity contribution in [3.8, 4) is 0 Å². The van der Waals surface area contributed by atoms with Crippen LogP contribution in [0.15, 0.2) is 22.5 Å². The molecule has 1 aromatic heterocycles. The Morgan fingerprint density at radius 1 is 1.35 bits per heavy atom. The van der Waals surface area contributed by atoms with E-state index in [1.165, 1.54) is 41.3 Å². The molecule has 1 aliphatic rings. The number of fused-ring (bicyclic) bond motifs is 1. The Labute approximate surface area is 154 Å². The zero-order valence-corrected chi connectivity index (χ0v) is 14.9. The Morgan fingerprint density at radius 3 is 2.77 bits per heavy atom. The predicted molar refractivity (Wildman–Crippen MR) is 93.4 cm³/mol. The number of hydrogen-bond acceptors (Lipinski definition) is 9. The van der Waals surface area contributed by atoms with Crippen molar-refractivity contribution < 1.29 is 19.3 Å². The number of hydrogen-bond donors (Lipinski definition) is 1. The van der Waals surface area contributed by atoms with Gasteiger partial charge in [-0.2, -0.15) is 0 Å². The van der Waals surface area contributed by atoms with E-state index in [1.807, 2.05) is 6.26 Å². The van der Waals surface area contributed by atoms with E-state index in [2.05, 4.69) is 15.5 Å². The molecule has 0 saturated carbocycles. The number of carbonyl (C=O) groups excluding carboxylic acids is 3. The van der Waals surface area contributed by atoms with Crippen molar-refractivity contribution in [1.29, 1.82) is 0 Å². The van der Waals surface area contributed by atoms with Crippen LogP contribution < -0.4 is 5.32 Å². The van der Waals surface area contributed by atoms with Crippen molar-refractivity contribution in [2.24, 2.45) is 0 Å². The average Bonchev–Trinajstić information content (AvgIpc) is 3.16. The van der Waals surface area contributed by atoms with Crippen LogP contribution in [0.1, 0.15) is 27.1 Å². The molecule has 0 radical (unpaired) electrons. The molecule has 3 amide bonds. The number of aromatic nitrogens is 2. The second-order valence-corrected chi connectivity index (χ2v) is 7.13. The van der Waals surface area contributed by atoms with Gasteiger partial charge in [0, 0.05) is 19.0 Å². The predicted octanol–water partition coefficient (Wildman–Crippen LogP) is 1.79. The molecule has 2 heterocycles. The second-order valence-electron chi connectivity index (χ2n) is 5.09.